The van der Waals surface area contributed by atoms with Crippen LogP contribution >= 0.6 is 11.6 Å². The number of furan rings is 1. The molecule has 1 atom stereocenters. The lowest BCUT2D eigenvalue weighted by Crippen LogP contribution is -2.43. The van der Waals surface area contributed by atoms with E-state index in [1.165, 1.54) is 10.7 Å². The molecule has 1 aliphatic rings. The topological polar surface area (TPSA) is 80.4 Å². The first-order valence-corrected chi connectivity index (χ1v) is 10.3. The number of carbonyl (C=O) groups excluding carboxylic acids is 1. The van der Waals surface area contributed by atoms with Crippen LogP contribution in [0.3, 0.4) is 0 Å². The Bertz CT molecular complexity index is 1110. The molecule has 0 spiro atoms. The van der Waals surface area contributed by atoms with Gasteiger partial charge < -0.3 is 14.6 Å². The number of halogens is 1. The monoisotopic (exact) mass is 426 g/mol. The van der Waals surface area contributed by atoms with Crippen molar-refractivity contribution >= 4 is 23.3 Å². The largest absolute Gasteiger partial charge is 0.465 e. The maximum absolute atomic E-state index is 12.7. The highest BCUT2D eigenvalue weighted by Gasteiger charge is 2.27. The Hall–Kier alpha value is -3.06. The van der Waals surface area contributed by atoms with Gasteiger partial charge in [0, 0.05) is 24.2 Å². The van der Waals surface area contributed by atoms with Gasteiger partial charge in [0.25, 0.3) is 5.56 Å². The van der Waals surface area contributed by atoms with Gasteiger partial charge in [-0.2, -0.15) is 4.68 Å². The molecule has 2 aromatic heterocycles. The maximum Gasteiger partial charge on any atom is 0.271 e. The number of nitrogens with zero attached hydrogens (tertiary/aromatic N) is 3. The second-order valence-corrected chi connectivity index (χ2v) is 7.87. The summed E-state index contributed by atoms with van der Waals surface area (Å²) in [5, 5.41) is 8.01. The summed E-state index contributed by atoms with van der Waals surface area (Å²) in [5.74, 6) is 2.07. The van der Waals surface area contributed by atoms with Crippen molar-refractivity contribution in [2.75, 3.05) is 18.0 Å². The van der Waals surface area contributed by atoms with E-state index < -0.39 is 0 Å². The van der Waals surface area contributed by atoms with E-state index in [1.54, 1.807) is 30.3 Å². The van der Waals surface area contributed by atoms with Crippen molar-refractivity contribution in [1.82, 2.24) is 15.1 Å². The van der Waals surface area contributed by atoms with Crippen LogP contribution in [0.5, 0.6) is 0 Å². The van der Waals surface area contributed by atoms with Gasteiger partial charge in [-0.3, -0.25) is 9.59 Å². The highest BCUT2D eigenvalue weighted by Crippen LogP contribution is 2.22. The minimum absolute atomic E-state index is 0.00286. The van der Waals surface area contributed by atoms with Gasteiger partial charge in [-0.05, 0) is 56.2 Å². The van der Waals surface area contributed by atoms with Crippen LogP contribution in [0.15, 0.2) is 57.7 Å². The summed E-state index contributed by atoms with van der Waals surface area (Å²) in [4.78, 5) is 27.0. The molecule has 3 heterocycles. The third kappa shape index (κ3) is 4.57. The SMILES string of the molecule is Cc1ccc(CNC(=O)C2CCCN(c3ccc(=O)n(-c4cccc(Cl)c4)n3)C2)o1. The van der Waals surface area contributed by atoms with Crippen molar-refractivity contribution < 1.29 is 9.21 Å². The van der Waals surface area contributed by atoms with Crippen molar-refractivity contribution in [2.45, 2.75) is 26.3 Å². The molecule has 1 saturated heterocycles. The van der Waals surface area contributed by atoms with E-state index in [9.17, 15) is 9.59 Å². The number of carbonyl (C=O) groups is 1. The van der Waals surface area contributed by atoms with Crippen LogP contribution in [0.1, 0.15) is 24.4 Å². The highest BCUT2D eigenvalue weighted by atomic mass is 35.5. The zero-order valence-electron chi connectivity index (χ0n) is 16.7. The number of aromatic nitrogens is 2. The molecule has 30 heavy (non-hydrogen) atoms. The number of piperidine rings is 1. The van der Waals surface area contributed by atoms with Gasteiger partial charge in [0.1, 0.15) is 17.3 Å². The van der Waals surface area contributed by atoms with Crippen LogP contribution in [-0.4, -0.2) is 28.8 Å². The number of amides is 1. The number of hydrogen-bond acceptors (Lipinski definition) is 5. The molecular formula is C22H23ClN4O3. The van der Waals surface area contributed by atoms with E-state index in [0.717, 1.165) is 30.9 Å². The summed E-state index contributed by atoms with van der Waals surface area (Å²) in [7, 11) is 0. The quantitative estimate of drug-likeness (QED) is 0.677. The number of hydrogen-bond donors (Lipinski definition) is 1. The Balaban J connectivity index is 1.47. The maximum atomic E-state index is 12.7. The molecule has 156 valence electrons. The molecule has 8 heteroatoms. The first kappa shape index (κ1) is 20.2. The molecule has 0 bridgehead atoms. The average Bonchev–Trinajstić information content (AvgIpc) is 3.17. The summed E-state index contributed by atoms with van der Waals surface area (Å²) in [6.45, 7) is 3.58. The van der Waals surface area contributed by atoms with Crippen molar-refractivity contribution in [3.05, 3.63) is 75.4 Å². The third-order valence-electron chi connectivity index (χ3n) is 5.19. The predicted molar refractivity (Wildman–Crippen MR) is 115 cm³/mol. The lowest BCUT2D eigenvalue weighted by atomic mass is 9.97. The fourth-order valence-corrected chi connectivity index (χ4v) is 3.85. The number of nitrogens with one attached hydrogen (secondary N) is 1. The van der Waals surface area contributed by atoms with Crippen molar-refractivity contribution in [3.8, 4) is 5.69 Å². The van der Waals surface area contributed by atoms with E-state index >= 15 is 0 Å². The van der Waals surface area contributed by atoms with Crippen LogP contribution in [0.4, 0.5) is 5.82 Å². The van der Waals surface area contributed by atoms with Crippen molar-refractivity contribution in [1.29, 1.82) is 0 Å². The van der Waals surface area contributed by atoms with Gasteiger partial charge in [-0.15, -0.1) is 5.10 Å². The molecule has 3 aromatic rings. The Kier molecular flexibility index (Phi) is 5.90. The zero-order chi connectivity index (χ0) is 21.1. The minimum atomic E-state index is -0.235. The molecule has 0 saturated carbocycles. The molecule has 0 aliphatic carbocycles. The summed E-state index contributed by atoms with van der Waals surface area (Å²) < 4.78 is 6.85. The van der Waals surface area contributed by atoms with Crippen LogP contribution in [0.25, 0.3) is 5.69 Å². The fraction of sp³-hybridized carbons (Fsp3) is 0.318. The van der Waals surface area contributed by atoms with Gasteiger partial charge in [0.15, 0.2) is 0 Å². The molecule has 1 fully saturated rings. The molecule has 7 nitrogen and oxygen atoms in total. The standard InChI is InChI=1S/C22H23ClN4O3/c1-15-7-8-19(30-15)13-24-22(29)16-4-3-11-26(14-16)20-9-10-21(28)27(25-20)18-6-2-5-17(23)12-18/h2,5-10,12,16H,3-4,11,13-14H2,1H3,(H,24,29). The first-order valence-electron chi connectivity index (χ1n) is 9.94. The molecule has 1 unspecified atom stereocenters. The molecule has 4 rings (SSSR count). The van der Waals surface area contributed by atoms with Crippen LogP contribution in [-0.2, 0) is 11.3 Å². The van der Waals surface area contributed by atoms with Crippen molar-refractivity contribution in [2.24, 2.45) is 5.92 Å². The first-order chi connectivity index (χ1) is 14.5. The molecule has 0 radical (unpaired) electrons. The second-order valence-electron chi connectivity index (χ2n) is 7.44. The summed E-state index contributed by atoms with van der Waals surface area (Å²) >= 11 is 6.06. The summed E-state index contributed by atoms with van der Waals surface area (Å²) in [6, 6.07) is 13.9. The lowest BCUT2D eigenvalue weighted by Gasteiger charge is -2.32. The summed E-state index contributed by atoms with van der Waals surface area (Å²) in [5.41, 5.74) is 0.371. The molecule has 1 N–H and O–H groups in total. The zero-order valence-corrected chi connectivity index (χ0v) is 17.4. The van der Waals surface area contributed by atoms with Gasteiger partial charge in [0.2, 0.25) is 5.91 Å². The molecular weight excluding hydrogens is 404 g/mol. The average molecular weight is 427 g/mol. The number of aryl methyl sites for hydroxylation is 1. The van der Waals surface area contributed by atoms with E-state index in [0.29, 0.717) is 29.6 Å². The van der Waals surface area contributed by atoms with E-state index in [-0.39, 0.29) is 17.4 Å². The fourth-order valence-electron chi connectivity index (χ4n) is 3.66. The minimum Gasteiger partial charge on any atom is -0.465 e. The van der Waals surface area contributed by atoms with Gasteiger partial charge >= 0.3 is 0 Å². The Morgan fingerprint density at radius 2 is 2.13 bits per heavy atom. The van der Waals surface area contributed by atoms with Gasteiger partial charge in [-0.25, -0.2) is 0 Å². The number of rotatable bonds is 5. The van der Waals surface area contributed by atoms with Gasteiger partial charge in [0.05, 0.1) is 18.2 Å². The predicted octanol–water partition coefficient (Wildman–Crippen LogP) is 3.32. The van der Waals surface area contributed by atoms with Gasteiger partial charge in [-0.1, -0.05) is 17.7 Å². The van der Waals surface area contributed by atoms with E-state index in [1.807, 2.05) is 24.0 Å². The molecule has 1 amide bonds. The lowest BCUT2D eigenvalue weighted by molar-refractivity contribution is -0.125. The number of anilines is 1. The molecule has 1 aliphatic heterocycles. The molecule has 1 aromatic carbocycles. The number of benzene rings is 1. The Morgan fingerprint density at radius 3 is 2.90 bits per heavy atom. The normalized spacial score (nSPS) is 16.5. The summed E-state index contributed by atoms with van der Waals surface area (Å²) in [6.07, 6.45) is 1.68. The van der Waals surface area contributed by atoms with Crippen LogP contribution in [0, 0.1) is 12.8 Å². The van der Waals surface area contributed by atoms with E-state index in [4.69, 9.17) is 16.0 Å². The Labute approximate surface area is 179 Å². The highest BCUT2D eigenvalue weighted by molar-refractivity contribution is 6.30. The van der Waals surface area contributed by atoms with Crippen LogP contribution in [0.2, 0.25) is 5.02 Å². The Morgan fingerprint density at radius 1 is 1.27 bits per heavy atom. The van der Waals surface area contributed by atoms with E-state index in [2.05, 4.69) is 10.4 Å². The third-order valence-corrected chi connectivity index (χ3v) is 5.42. The van der Waals surface area contributed by atoms with Crippen LogP contribution < -0.4 is 15.8 Å². The van der Waals surface area contributed by atoms with Crippen molar-refractivity contribution in [3.63, 3.8) is 0 Å². The second kappa shape index (κ2) is 8.75. The smallest absolute Gasteiger partial charge is 0.271 e.